The zero-order valence-electron chi connectivity index (χ0n) is 17.5. The fourth-order valence-electron chi connectivity index (χ4n) is 3.81. The van der Waals surface area contributed by atoms with E-state index < -0.39 is 0 Å². The largest absolute Gasteiger partial charge is 0.348 e. The lowest BCUT2D eigenvalue weighted by atomic mass is 10.1. The molecule has 1 aliphatic rings. The molecule has 31 heavy (non-hydrogen) atoms. The summed E-state index contributed by atoms with van der Waals surface area (Å²) in [4.78, 5) is 27.7. The number of amides is 2. The van der Waals surface area contributed by atoms with E-state index in [2.05, 4.69) is 39.8 Å². The average Bonchev–Trinajstić information content (AvgIpc) is 3.32. The Labute approximate surface area is 183 Å². The van der Waals surface area contributed by atoms with Crippen molar-refractivity contribution < 1.29 is 9.59 Å². The van der Waals surface area contributed by atoms with Crippen molar-refractivity contribution in [2.45, 2.75) is 25.9 Å². The topological polar surface area (TPSA) is 61.4 Å². The van der Waals surface area contributed by atoms with Crippen molar-refractivity contribution in [3.05, 3.63) is 101 Å². The van der Waals surface area contributed by atoms with Gasteiger partial charge in [0.25, 0.3) is 11.8 Å². The summed E-state index contributed by atoms with van der Waals surface area (Å²) >= 11 is 0. The number of benzene rings is 3. The van der Waals surface area contributed by atoms with E-state index >= 15 is 0 Å². The number of nitrogens with one attached hydrogen (secondary N) is 2. The third-order valence-electron chi connectivity index (χ3n) is 5.54. The molecule has 5 heteroatoms. The second kappa shape index (κ2) is 10.0. The first-order valence-electron chi connectivity index (χ1n) is 10.7. The van der Waals surface area contributed by atoms with Gasteiger partial charge in [-0.05, 0) is 61.3 Å². The van der Waals surface area contributed by atoms with Gasteiger partial charge in [0.1, 0.15) is 0 Å². The molecule has 4 rings (SSSR count). The average molecular weight is 414 g/mol. The Bertz CT molecular complexity index is 1030. The van der Waals surface area contributed by atoms with Gasteiger partial charge in [0.05, 0.1) is 11.3 Å². The van der Waals surface area contributed by atoms with Crippen molar-refractivity contribution in [1.29, 1.82) is 0 Å². The molecule has 0 aromatic heterocycles. The highest BCUT2D eigenvalue weighted by molar-refractivity contribution is 6.08. The number of carbonyl (C=O) groups is 2. The number of hydrogen-bond donors (Lipinski definition) is 2. The van der Waals surface area contributed by atoms with Crippen molar-refractivity contribution in [1.82, 2.24) is 10.2 Å². The minimum Gasteiger partial charge on any atom is -0.348 e. The molecule has 2 amide bonds. The molecule has 158 valence electrons. The highest BCUT2D eigenvalue weighted by atomic mass is 16.2. The van der Waals surface area contributed by atoms with E-state index in [9.17, 15) is 9.59 Å². The number of hydrogen-bond acceptors (Lipinski definition) is 3. The van der Waals surface area contributed by atoms with E-state index in [-0.39, 0.29) is 11.8 Å². The van der Waals surface area contributed by atoms with E-state index in [0.29, 0.717) is 23.4 Å². The normalized spacial score (nSPS) is 13.7. The third kappa shape index (κ3) is 5.58. The van der Waals surface area contributed by atoms with Gasteiger partial charge < -0.3 is 10.6 Å². The maximum absolute atomic E-state index is 12.8. The van der Waals surface area contributed by atoms with Crippen LogP contribution in [0.2, 0.25) is 0 Å². The Kier molecular flexibility index (Phi) is 6.75. The Morgan fingerprint density at radius 1 is 0.742 bits per heavy atom. The fraction of sp³-hybridized carbons (Fsp3) is 0.231. The zero-order chi connectivity index (χ0) is 21.5. The summed E-state index contributed by atoms with van der Waals surface area (Å²) in [5.41, 5.74) is 3.83. The first kappa shape index (κ1) is 20.8. The number of likely N-dealkylation sites (tertiary alicyclic amines) is 1. The molecule has 0 aliphatic carbocycles. The van der Waals surface area contributed by atoms with E-state index in [1.165, 1.54) is 31.5 Å². The highest BCUT2D eigenvalue weighted by Crippen LogP contribution is 2.17. The second-order valence-corrected chi connectivity index (χ2v) is 7.85. The quantitative estimate of drug-likeness (QED) is 0.601. The minimum atomic E-state index is -0.241. The van der Waals surface area contributed by atoms with Crippen molar-refractivity contribution in [3.63, 3.8) is 0 Å². The zero-order valence-corrected chi connectivity index (χ0v) is 17.5. The van der Waals surface area contributed by atoms with Gasteiger partial charge in [-0.25, -0.2) is 0 Å². The molecule has 1 fully saturated rings. The molecule has 5 nitrogen and oxygen atoms in total. The van der Waals surface area contributed by atoms with Gasteiger partial charge in [-0.3, -0.25) is 14.5 Å². The number of anilines is 1. The number of nitrogens with zero attached hydrogens (tertiary/aromatic N) is 1. The summed E-state index contributed by atoms with van der Waals surface area (Å²) in [6, 6.07) is 24.4. The van der Waals surface area contributed by atoms with Crippen molar-refractivity contribution >= 4 is 17.5 Å². The van der Waals surface area contributed by atoms with Gasteiger partial charge >= 0.3 is 0 Å². The molecule has 0 unspecified atom stereocenters. The molecule has 0 saturated carbocycles. The number of rotatable bonds is 7. The van der Waals surface area contributed by atoms with Gasteiger partial charge in [0, 0.05) is 18.7 Å². The van der Waals surface area contributed by atoms with Crippen molar-refractivity contribution in [2.24, 2.45) is 0 Å². The van der Waals surface area contributed by atoms with Crippen LogP contribution in [-0.2, 0) is 13.1 Å². The van der Waals surface area contributed by atoms with E-state index in [4.69, 9.17) is 0 Å². The molecular weight excluding hydrogens is 386 g/mol. The van der Waals surface area contributed by atoms with Gasteiger partial charge in [-0.15, -0.1) is 0 Å². The Morgan fingerprint density at radius 3 is 2.13 bits per heavy atom. The molecule has 0 radical (unpaired) electrons. The lowest BCUT2D eigenvalue weighted by molar-refractivity contribution is 0.0952. The summed E-state index contributed by atoms with van der Waals surface area (Å²) in [5, 5.41) is 5.80. The number of para-hydroxylation sites is 1. The molecule has 0 atom stereocenters. The maximum atomic E-state index is 12.8. The van der Waals surface area contributed by atoms with Crippen LogP contribution in [0.15, 0.2) is 78.9 Å². The van der Waals surface area contributed by atoms with Crippen molar-refractivity contribution in [3.8, 4) is 0 Å². The molecule has 0 bridgehead atoms. The Hall–Kier alpha value is -3.44. The summed E-state index contributed by atoms with van der Waals surface area (Å²) in [5.74, 6) is -0.459. The third-order valence-corrected chi connectivity index (χ3v) is 5.54. The lowest BCUT2D eigenvalue weighted by Gasteiger charge is -2.15. The number of carbonyl (C=O) groups excluding carboxylic acids is 2. The van der Waals surface area contributed by atoms with Crippen LogP contribution in [0.3, 0.4) is 0 Å². The molecule has 3 aromatic rings. The monoisotopic (exact) mass is 413 g/mol. The summed E-state index contributed by atoms with van der Waals surface area (Å²) in [7, 11) is 0. The Balaban J connectivity index is 1.36. The first-order chi connectivity index (χ1) is 15.2. The summed E-state index contributed by atoms with van der Waals surface area (Å²) < 4.78 is 0. The van der Waals surface area contributed by atoms with Crippen LogP contribution in [0.1, 0.15) is 44.7 Å². The van der Waals surface area contributed by atoms with Crippen LogP contribution >= 0.6 is 0 Å². The highest BCUT2D eigenvalue weighted by Gasteiger charge is 2.14. The second-order valence-electron chi connectivity index (χ2n) is 7.85. The van der Waals surface area contributed by atoms with Gasteiger partial charge in [0.2, 0.25) is 0 Å². The lowest BCUT2D eigenvalue weighted by Crippen LogP contribution is -2.25. The van der Waals surface area contributed by atoms with Crippen LogP contribution in [-0.4, -0.2) is 29.8 Å². The molecular formula is C26H27N3O2. The predicted molar refractivity (Wildman–Crippen MR) is 123 cm³/mol. The van der Waals surface area contributed by atoms with Gasteiger partial charge in [-0.2, -0.15) is 0 Å². The van der Waals surface area contributed by atoms with E-state index in [1.807, 2.05) is 18.2 Å². The molecule has 3 aromatic carbocycles. The van der Waals surface area contributed by atoms with Crippen LogP contribution in [0.25, 0.3) is 0 Å². The summed E-state index contributed by atoms with van der Waals surface area (Å²) in [6.45, 7) is 3.78. The standard InChI is InChI=1S/C26H27N3O2/c30-25(22-8-2-1-3-9-22)28-24-11-5-4-10-23(24)26(31)27-18-20-12-14-21(15-13-20)19-29-16-6-7-17-29/h1-5,8-15H,6-7,16-19H2,(H,27,31)(H,28,30). The molecule has 1 saturated heterocycles. The molecule has 2 N–H and O–H groups in total. The molecule has 1 heterocycles. The SMILES string of the molecule is O=C(Nc1ccccc1C(=O)NCc1ccc(CN2CCCC2)cc1)c1ccccc1. The maximum Gasteiger partial charge on any atom is 0.255 e. The molecule has 0 spiro atoms. The van der Waals surface area contributed by atoms with Gasteiger partial charge in [0.15, 0.2) is 0 Å². The van der Waals surface area contributed by atoms with Crippen LogP contribution in [0.4, 0.5) is 5.69 Å². The van der Waals surface area contributed by atoms with Crippen LogP contribution < -0.4 is 10.6 Å². The Morgan fingerprint density at radius 2 is 1.39 bits per heavy atom. The van der Waals surface area contributed by atoms with Crippen LogP contribution in [0, 0.1) is 0 Å². The fourth-order valence-corrected chi connectivity index (χ4v) is 3.81. The van der Waals surface area contributed by atoms with Crippen LogP contribution in [0.5, 0.6) is 0 Å². The van der Waals surface area contributed by atoms with Gasteiger partial charge in [-0.1, -0.05) is 54.6 Å². The predicted octanol–water partition coefficient (Wildman–Crippen LogP) is 4.46. The molecule has 1 aliphatic heterocycles. The van der Waals surface area contributed by atoms with Crippen molar-refractivity contribution in [2.75, 3.05) is 18.4 Å². The first-order valence-corrected chi connectivity index (χ1v) is 10.7. The smallest absolute Gasteiger partial charge is 0.255 e. The summed E-state index contributed by atoms with van der Waals surface area (Å²) in [6.07, 6.45) is 2.58. The van der Waals surface area contributed by atoms with E-state index in [0.717, 1.165) is 12.1 Å². The minimum absolute atomic E-state index is 0.217. The van der Waals surface area contributed by atoms with E-state index in [1.54, 1.807) is 36.4 Å².